The van der Waals surface area contributed by atoms with Crippen LogP contribution < -0.4 is 0 Å². The van der Waals surface area contributed by atoms with Crippen LogP contribution in [0.2, 0.25) is 5.02 Å². The number of benzene rings is 1. The van der Waals surface area contributed by atoms with Gasteiger partial charge in [-0.15, -0.1) is 0 Å². The van der Waals surface area contributed by atoms with Crippen molar-refractivity contribution in [2.75, 3.05) is 0 Å². The number of hydrogen-bond acceptors (Lipinski definition) is 1. The molecular weight excluding hydrogens is 262 g/mol. The molecule has 4 heteroatoms. The molecule has 1 aliphatic carbocycles. The van der Waals surface area contributed by atoms with E-state index in [0.717, 1.165) is 29.7 Å². The molecular formula is C15H14ClNO2. The summed E-state index contributed by atoms with van der Waals surface area (Å²) >= 11 is 6.16. The van der Waals surface area contributed by atoms with Gasteiger partial charge in [0.05, 0.1) is 0 Å². The fourth-order valence-corrected chi connectivity index (χ4v) is 2.52. The molecule has 2 aromatic rings. The summed E-state index contributed by atoms with van der Waals surface area (Å²) in [7, 11) is 0. The summed E-state index contributed by atoms with van der Waals surface area (Å²) in [5.41, 5.74) is 3.28. The Labute approximate surface area is 116 Å². The number of aryl methyl sites for hydroxylation is 1. The monoisotopic (exact) mass is 275 g/mol. The molecule has 1 saturated carbocycles. The van der Waals surface area contributed by atoms with E-state index in [4.69, 9.17) is 11.6 Å². The number of hydrogen-bond donors (Lipinski definition) is 1. The van der Waals surface area contributed by atoms with Crippen LogP contribution in [-0.4, -0.2) is 15.6 Å². The van der Waals surface area contributed by atoms with Gasteiger partial charge in [0.1, 0.15) is 5.69 Å². The minimum atomic E-state index is -0.878. The first-order valence-electron chi connectivity index (χ1n) is 6.29. The number of rotatable bonds is 3. The largest absolute Gasteiger partial charge is 0.477 e. The molecule has 0 bridgehead atoms. The molecule has 1 aromatic heterocycles. The Morgan fingerprint density at radius 1 is 1.32 bits per heavy atom. The van der Waals surface area contributed by atoms with E-state index >= 15 is 0 Å². The van der Waals surface area contributed by atoms with E-state index in [0.29, 0.717) is 16.8 Å². The molecule has 1 heterocycles. The molecule has 0 unspecified atom stereocenters. The topological polar surface area (TPSA) is 42.2 Å². The fraction of sp³-hybridized carbons (Fsp3) is 0.267. The first-order chi connectivity index (χ1) is 9.08. The first kappa shape index (κ1) is 12.3. The van der Waals surface area contributed by atoms with Gasteiger partial charge in [0.15, 0.2) is 0 Å². The Hall–Kier alpha value is -1.74. The van der Waals surface area contributed by atoms with Crippen molar-refractivity contribution in [2.45, 2.75) is 25.8 Å². The molecule has 19 heavy (non-hydrogen) atoms. The van der Waals surface area contributed by atoms with Crippen molar-refractivity contribution in [1.82, 2.24) is 4.57 Å². The van der Waals surface area contributed by atoms with Crippen molar-refractivity contribution in [1.29, 1.82) is 0 Å². The Bertz CT molecular complexity index is 656. The summed E-state index contributed by atoms with van der Waals surface area (Å²) in [4.78, 5) is 11.3. The van der Waals surface area contributed by atoms with E-state index in [2.05, 4.69) is 0 Å². The molecule has 3 nitrogen and oxygen atoms in total. The lowest BCUT2D eigenvalue weighted by atomic mass is 10.1. The highest BCUT2D eigenvalue weighted by atomic mass is 35.5. The molecule has 0 saturated heterocycles. The molecule has 0 atom stereocenters. The maximum Gasteiger partial charge on any atom is 0.352 e. The van der Waals surface area contributed by atoms with Gasteiger partial charge in [0, 0.05) is 16.8 Å². The lowest BCUT2D eigenvalue weighted by Gasteiger charge is -2.11. The van der Waals surface area contributed by atoms with Crippen LogP contribution in [0.3, 0.4) is 0 Å². The van der Waals surface area contributed by atoms with Gasteiger partial charge in [-0.1, -0.05) is 23.7 Å². The zero-order chi connectivity index (χ0) is 13.6. The molecule has 1 aliphatic rings. The van der Waals surface area contributed by atoms with Gasteiger partial charge in [0.2, 0.25) is 0 Å². The van der Waals surface area contributed by atoms with Gasteiger partial charge in [-0.25, -0.2) is 4.79 Å². The average molecular weight is 276 g/mol. The Morgan fingerprint density at radius 3 is 2.63 bits per heavy atom. The number of carboxylic acid groups (broad SMARTS) is 1. The van der Waals surface area contributed by atoms with E-state index in [-0.39, 0.29) is 0 Å². The van der Waals surface area contributed by atoms with Crippen LogP contribution in [0.15, 0.2) is 30.3 Å². The molecule has 1 N–H and O–H groups in total. The van der Waals surface area contributed by atoms with Crippen LogP contribution in [0.25, 0.3) is 11.3 Å². The average Bonchev–Trinajstić information content (AvgIpc) is 3.11. The highest BCUT2D eigenvalue weighted by molar-refractivity contribution is 6.31. The van der Waals surface area contributed by atoms with Crippen LogP contribution in [0.5, 0.6) is 0 Å². The number of nitrogens with zero attached hydrogens (tertiary/aromatic N) is 1. The Balaban J connectivity index is 2.14. The van der Waals surface area contributed by atoms with Crippen molar-refractivity contribution in [3.8, 4) is 11.3 Å². The molecule has 1 fully saturated rings. The highest BCUT2D eigenvalue weighted by Crippen LogP contribution is 2.40. The summed E-state index contributed by atoms with van der Waals surface area (Å²) in [6, 6.07) is 9.70. The second-order valence-electron chi connectivity index (χ2n) is 4.97. The first-order valence-corrected chi connectivity index (χ1v) is 6.67. The SMILES string of the molecule is Cc1ccc(-c2ccc(C(=O)O)n2C2CC2)cc1Cl. The van der Waals surface area contributed by atoms with Gasteiger partial charge in [-0.05, 0) is 49.1 Å². The number of carboxylic acids is 1. The zero-order valence-corrected chi connectivity index (χ0v) is 11.3. The van der Waals surface area contributed by atoms with Crippen molar-refractivity contribution in [3.63, 3.8) is 0 Å². The Kier molecular flexibility index (Phi) is 2.86. The predicted molar refractivity (Wildman–Crippen MR) is 74.8 cm³/mol. The lowest BCUT2D eigenvalue weighted by Crippen LogP contribution is -2.08. The number of carbonyl (C=O) groups is 1. The summed E-state index contributed by atoms with van der Waals surface area (Å²) in [5, 5.41) is 9.96. The maximum atomic E-state index is 11.3. The molecule has 0 radical (unpaired) electrons. The molecule has 1 aromatic carbocycles. The molecule has 0 amide bonds. The van der Waals surface area contributed by atoms with Crippen LogP contribution in [0.4, 0.5) is 0 Å². The maximum absolute atomic E-state index is 11.3. The Morgan fingerprint density at radius 2 is 2.05 bits per heavy atom. The van der Waals surface area contributed by atoms with Crippen molar-refractivity contribution in [2.24, 2.45) is 0 Å². The van der Waals surface area contributed by atoms with E-state index in [1.165, 1.54) is 0 Å². The van der Waals surface area contributed by atoms with Crippen molar-refractivity contribution in [3.05, 3.63) is 46.6 Å². The number of aromatic nitrogens is 1. The predicted octanol–water partition coefficient (Wildman–Crippen LogP) is 4.15. The van der Waals surface area contributed by atoms with Gasteiger partial charge in [-0.3, -0.25) is 0 Å². The summed E-state index contributed by atoms with van der Waals surface area (Å²) in [6.07, 6.45) is 2.09. The third-order valence-corrected chi connectivity index (χ3v) is 3.92. The standard InChI is InChI=1S/C15H14ClNO2/c1-9-2-3-10(8-12(9)16)13-6-7-14(15(18)19)17(13)11-4-5-11/h2-3,6-8,11H,4-5H2,1H3,(H,18,19). The van der Waals surface area contributed by atoms with E-state index < -0.39 is 5.97 Å². The van der Waals surface area contributed by atoms with Gasteiger partial charge in [-0.2, -0.15) is 0 Å². The molecule has 0 spiro atoms. The van der Waals surface area contributed by atoms with Crippen LogP contribution in [0, 0.1) is 6.92 Å². The van der Waals surface area contributed by atoms with E-state index in [1.807, 2.05) is 35.8 Å². The van der Waals surface area contributed by atoms with Crippen LogP contribution >= 0.6 is 11.6 Å². The number of aromatic carboxylic acids is 1. The van der Waals surface area contributed by atoms with Gasteiger partial charge < -0.3 is 9.67 Å². The van der Waals surface area contributed by atoms with E-state index in [9.17, 15) is 9.90 Å². The second kappa shape index (κ2) is 4.42. The minimum absolute atomic E-state index is 0.316. The summed E-state index contributed by atoms with van der Waals surface area (Å²) in [6.45, 7) is 1.95. The molecule has 3 rings (SSSR count). The van der Waals surface area contributed by atoms with Crippen LogP contribution in [0.1, 0.15) is 34.9 Å². The van der Waals surface area contributed by atoms with Crippen molar-refractivity contribution >= 4 is 17.6 Å². The smallest absolute Gasteiger partial charge is 0.352 e. The van der Waals surface area contributed by atoms with E-state index in [1.54, 1.807) is 6.07 Å². The molecule has 98 valence electrons. The second-order valence-corrected chi connectivity index (χ2v) is 5.38. The van der Waals surface area contributed by atoms with Gasteiger partial charge in [0.25, 0.3) is 0 Å². The van der Waals surface area contributed by atoms with Gasteiger partial charge >= 0.3 is 5.97 Å². The lowest BCUT2D eigenvalue weighted by molar-refractivity contribution is 0.0685. The molecule has 0 aliphatic heterocycles. The summed E-state index contributed by atoms with van der Waals surface area (Å²) in [5.74, 6) is -0.878. The zero-order valence-electron chi connectivity index (χ0n) is 10.6. The van der Waals surface area contributed by atoms with Crippen molar-refractivity contribution < 1.29 is 9.90 Å². The summed E-state index contributed by atoms with van der Waals surface area (Å²) < 4.78 is 1.92. The van der Waals surface area contributed by atoms with Crippen LogP contribution in [-0.2, 0) is 0 Å². The fourth-order valence-electron chi connectivity index (χ4n) is 2.34. The normalized spacial score (nSPS) is 14.6. The minimum Gasteiger partial charge on any atom is -0.477 e. The third kappa shape index (κ3) is 2.15. The quantitative estimate of drug-likeness (QED) is 0.914. The number of halogens is 1. The highest BCUT2D eigenvalue weighted by Gasteiger charge is 2.29. The third-order valence-electron chi connectivity index (χ3n) is 3.52.